The minimum absolute atomic E-state index is 0.106. The van der Waals surface area contributed by atoms with Gasteiger partial charge in [-0.05, 0) is 37.5 Å². The predicted molar refractivity (Wildman–Crippen MR) is 335 cm³/mol. The number of phosphoric ester groups is 2. The topological polar surface area (TPSA) is 237 Å². The first-order valence-corrected chi connectivity index (χ1v) is 37.0. The number of unbranched alkanes of at least 4 members (excludes halogenated alkanes) is 33. The third kappa shape index (κ3) is 57.8. The van der Waals surface area contributed by atoms with Gasteiger partial charge in [0.15, 0.2) is 12.2 Å². The molecule has 0 saturated carbocycles. The van der Waals surface area contributed by atoms with E-state index in [1.165, 1.54) is 122 Å². The van der Waals surface area contributed by atoms with Gasteiger partial charge in [-0.2, -0.15) is 0 Å². The predicted octanol–water partition coefficient (Wildman–Crippen LogP) is 18.0. The Kier molecular flexibility index (Phi) is 56.2. The molecule has 84 heavy (non-hydrogen) atoms. The Balaban J connectivity index is 5.18. The van der Waals surface area contributed by atoms with Crippen molar-refractivity contribution in [2.75, 3.05) is 39.6 Å². The third-order valence-electron chi connectivity index (χ3n) is 15.3. The number of phosphoric acid groups is 2. The van der Waals surface area contributed by atoms with E-state index in [9.17, 15) is 43.2 Å². The maximum Gasteiger partial charge on any atom is 0.472 e. The molecular formula is C65H126O17P2. The number of carbonyl (C=O) groups is 4. The Labute approximate surface area is 511 Å². The lowest BCUT2D eigenvalue weighted by atomic mass is 10.00. The van der Waals surface area contributed by atoms with E-state index in [0.717, 1.165) is 121 Å². The highest BCUT2D eigenvalue weighted by Gasteiger charge is 2.30. The van der Waals surface area contributed by atoms with E-state index in [1.807, 2.05) is 0 Å². The summed E-state index contributed by atoms with van der Waals surface area (Å²) < 4.78 is 67.9. The highest BCUT2D eigenvalue weighted by Crippen LogP contribution is 2.45. The van der Waals surface area contributed by atoms with Crippen LogP contribution in [0.5, 0.6) is 0 Å². The van der Waals surface area contributed by atoms with Crippen LogP contribution in [0.2, 0.25) is 0 Å². The van der Waals surface area contributed by atoms with Crippen molar-refractivity contribution in [3.63, 3.8) is 0 Å². The molecule has 3 N–H and O–H groups in total. The molecule has 0 spiro atoms. The van der Waals surface area contributed by atoms with Crippen molar-refractivity contribution in [2.45, 2.75) is 342 Å². The van der Waals surface area contributed by atoms with Crippen molar-refractivity contribution in [3.05, 3.63) is 0 Å². The molecule has 0 fully saturated rings. The molecule has 19 heteroatoms. The van der Waals surface area contributed by atoms with E-state index in [4.69, 9.17) is 37.0 Å². The van der Waals surface area contributed by atoms with Gasteiger partial charge in [0.2, 0.25) is 0 Å². The maximum atomic E-state index is 13.0. The summed E-state index contributed by atoms with van der Waals surface area (Å²) in [7, 11) is -9.88. The molecule has 0 bridgehead atoms. The Bertz CT molecular complexity index is 1650. The highest BCUT2D eigenvalue weighted by atomic mass is 31.2. The van der Waals surface area contributed by atoms with Gasteiger partial charge in [-0.3, -0.25) is 37.3 Å². The molecule has 0 aromatic heterocycles. The number of aliphatic hydroxyl groups is 1. The number of ether oxygens (including phenoxy) is 4. The molecule has 0 radical (unpaired) electrons. The largest absolute Gasteiger partial charge is 0.472 e. The number of rotatable bonds is 64. The Morgan fingerprint density at radius 3 is 0.905 bits per heavy atom. The van der Waals surface area contributed by atoms with Gasteiger partial charge < -0.3 is 33.8 Å². The van der Waals surface area contributed by atoms with Gasteiger partial charge in [-0.1, -0.05) is 273 Å². The van der Waals surface area contributed by atoms with E-state index in [2.05, 4.69) is 41.5 Å². The molecule has 17 nitrogen and oxygen atoms in total. The molecule has 0 rings (SSSR count). The minimum atomic E-state index is -4.95. The second kappa shape index (κ2) is 57.5. The zero-order valence-corrected chi connectivity index (χ0v) is 56.0. The summed E-state index contributed by atoms with van der Waals surface area (Å²) in [6.07, 6.45) is 40.4. The summed E-state index contributed by atoms with van der Waals surface area (Å²) in [6, 6.07) is 0. The second-order valence-electron chi connectivity index (χ2n) is 24.2. The molecule has 0 aliphatic heterocycles. The molecule has 0 aliphatic rings. The molecule has 0 amide bonds. The maximum absolute atomic E-state index is 13.0. The van der Waals surface area contributed by atoms with Crippen molar-refractivity contribution in [1.82, 2.24) is 0 Å². The zero-order valence-electron chi connectivity index (χ0n) is 54.2. The third-order valence-corrected chi connectivity index (χ3v) is 17.2. The van der Waals surface area contributed by atoms with Gasteiger partial charge in [0, 0.05) is 25.7 Å². The van der Waals surface area contributed by atoms with Crippen molar-refractivity contribution < 1.29 is 80.2 Å². The van der Waals surface area contributed by atoms with Crippen LogP contribution in [-0.4, -0.2) is 96.7 Å². The van der Waals surface area contributed by atoms with E-state index in [1.54, 1.807) is 0 Å². The number of hydrogen-bond acceptors (Lipinski definition) is 15. The van der Waals surface area contributed by atoms with Gasteiger partial charge >= 0.3 is 39.5 Å². The van der Waals surface area contributed by atoms with E-state index < -0.39 is 97.5 Å². The zero-order chi connectivity index (χ0) is 62.2. The van der Waals surface area contributed by atoms with Crippen molar-refractivity contribution in [1.29, 1.82) is 0 Å². The SMILES string of the molecule is CCCCCCCCCCCCC(=O)O[C@H](COC(=O)CCCCCCCCC)COP(=O)(O)OC[C@H](O)COP(=O)(O)OC[C@@H](COC(=O)CCCCCCCCC(C)CC)OC(=O)CCCCCCCCCCCCCCCCC(C)C. The fourth-order valence-electron chi connectivity index (χ4n) is 9.68. The molecule has 0 aliphatic carbocycles. The first kappa shape index (κ1) is 82.1. The normalized spacial score (nSPS) is 14.6. The fraction of sp³-hybridized carbons (Fsp3) is 0.938. The molecular weight excluding hydrogens is 1110 g/mol. The van der Waals surface area contributed by atoms with Gasteiger partial charge in [-0.25, -0.2) is 9.13 Å². The molecule has 0 aromatic rings. The monoisotopic (exact) mass is 1240 g/mol. The lowest BCUT2D eigenvalue weighted by molar-refractivity contribution is -0.161. The molecule has 498 valence electrons. The molecule has 3 unspecified atom stereocenters. The lowest BCUT2D eigenvalue weighted by Gasteiger charge is -2.21. The summed E-state index contributed by atoms with van der Waals surface area (Å²) in [5.41, 5.74) is 0. The quantitative estimate of drug-likeness (QED) is 0.0222. The molecule has 0 heterocycles. The summed E-state index contributed by atoms with van der Waals surface area (Å²) in [4.78, 5) is 72.1. The molecule has 6 atom stereocenters. The number of aliphatic hydroxyl groups excluding tert-OH is 1. The van der Waals surface area contributed by atoms with Crippen LogP contribution < -0.4 is 0 Å². The number of esters is 4. The Hall–Kier alpha value is -1.94. The number of carbonyl (C=O) groups excluding carboxylic acids is 4. The van der Waals surface area contributed by atoms with Gasteiger partial charge in [0.25, 0.3) is 0 Å². The van der Waals surface area contributed by atoms with Gasteiger partial charge in [-0.15, -0.1) is 0 Å². The van der Waals surface area contributed by atoms with Crippen LogP contribution in [0.15, 0.2) is 0 Å². The minimum Gasteiger partial charge on any atom is -0.462 e. The van der Waals surface area contributed by atoms with Crippen LogP contribution >= 0.6 is 15.6 Å². The highest BCUT2D eigenvalue weighted by molar-refractivity contribution is 7.47. The van der Waals surface area contributed by atoms with Crippen LogP contribution in [0.4, 0.5) is 0 Å². The van der Waals surface area contributed by atoms with E-state index >= 15 is 0 Å². The summed E-state index contributed by atoms with van der Waals surface area (Å²) in [5, 5.41) is 10.5. The standard InChI is InChI=1S/C65H126O17P2/c1-7-10-12-14-16-17-25-29-37-43-49-64(69)81-60(53-75-62(67)47-41-35-27-15-13-11-8-2)55-79-83(71,72)77-51-59(66)52-78-84(73,74)80-56-61(54-76-63(68)48-42-36-32-31-34-40-46-58(6)9-3)82-65(70)50-44-38-30-26-23-21-19-18-20-22-24-28-33-39-45-57(4)5/h57-61,66H,7-56H2,1-6H3,(H,71,72)(H,73,74)/t58?,59-,60+,61+/m0/s1. The second-order valence-corrected chi connectivity index (χ2v) is 27.1. The Morgan fingerprint density at radius 1 is 0.345 bits per heavy atom. The van der Waals surface area contributed by atoms with Crippen LogP contribution in [0.1, 0.15) is 324 Å². The van der Waals surface area contributed by atoms with Crippen LogP contribution in [0.25, 0.3) is 0 Å². The molecule has 0 saturated heterocycles. The van der Waals surface area contributed by atoms with Crippen LogP contribution in [0, 0.1) is 11.8 Å². The van der Waals surface area contributed by atoms with Gasteiger partial charge in [0.1, 0.15) is 19.3 Å². The summed E-state index contributed by atoms with van der Waals surface area (Å²) in [5.74, 6) is -0.611. The Morgan fingerprint density at radius 2 is 0.607 bits per heavy atom. The van der Waals surface area contributed by atoms with Crippen LogP contribution in [0.3, 0.4) is 0 Å². The van der Waals surface area contributed by atoms with E-state index in [0.29, 0.717) is 25.7 Å². The smallest absolute Gasteiger partial charge is 0.462 e. The fourth-order valence-corrected chi connectivity index (χ4v) is 11.3. The number of hydrogen-bond donors (Lipinski definition) is 3. The van der Waals surface area contributed by atoms with Gasteiger partial charge in [0.05, 0.1) is 26.4 Å². The van der Waals surface area contributed by atoms with E-state index in [-0.39, 0.29) is 25.7 Å². The first-order valence-electron chi connectivity index (χ1n) is 34.0. The first-order chi connectivity index (χ1) is 40.4. The van der Waals surface area contributed by atoms with Crippen molar-refractivity contribution in [3.8, 4) is 0 Å². The average molecular weight is 1240 g/mol. The lowest BCUT2D eigenvalue weighted by Crippen LogP contribution is -2.30. The van der Waals surface area contributed by atoms with Crippen molar-refractivity contribution >= 4 is 39.5 Å². The summed E-state index contributed by atoms with van der Waals surface area (Å²) >= 11 is 0. The van der Waals surface area contributed by atoms with Crippen molar-refractivity contribution in [2.24, 2.45) is 11.8 Å². The molecule has 0 aromatic carbocycles. The summed E-state index contributed by atoms with van der Waals surface area (Å²) in [6.45, 7) is 9.44. The average Bonchev–Trinajstić information content (AvgIpc) is 3.46. The van der Waals surface area contributed by atoms with Crippen LogP contribution in [-0.2, 0) is 65.4 Å².